The summed E-state index contributed by atoms with van der Waals surface area (Å²) < 4.78 is 5.72. The maximum Gasteiger partial charge on any atom is 0.194 e. The number of nitrogens with zero attached hydrogens (tertiary/aromatic N) is 2. The molecule has 1 N–H and O–H groups in total. The van der Waals surface area contributed by atoms with E-state index in [0.717, 1.165) is 51.6 Å². The van der Waals surface area contributed by atoms with Gasteiger partial charge in [-0.25, -0.2) is 4.99 Å². The molecule has 0 bridgehead atoms. The molecular weight excluding hydrogens is 401 g/mol. The van der Waals surface area contributed by atoms with Gasteiger partial charge in [-0.1, -0.05) is 29.8 Å². The van der Waals surface area contributed by atoms with E-state index in [-0.39, 0.29) is 24.0 Å². The first kappa shape index (κ1) is 20.2. The Kier molecular flexibility index (Phi) is 9.55. The molecule has 0 amide bonds. The first-order valence-corrected chi connectivity index (χ1v) is 8.43. The Hall–Kier alpha value is -0.820. The van der Waals surface area contributed by atoms with Crippen LogP contribution in [0.2, 0.25) is 0 Å². The first-order chi connectivity index (χ1) is 10.7. The molecule has 1 aliphatic heterocycles. The lowest BCUT2D eigenvalue weighted by molar-refractivity contribution is 0.0263. The fourth-order valence-electron chi connectivity index (χ4n) is 2.76. The molecule has 1 aliphatic rings. The van der Waals surface area contributed by atoms with Crippen molar-refractivity contribution in [3.8, 4) is 0 Å². The van der Waals surface area contributed by atoms with Crippen LogP contribution >= 0.6 is 24.0 Å². The van der Waals surface area contributed by atoms with Gasteiger partial charge in [0.1, 0.15) is 0 Å². The summed E-state index contributed by atoms with van der Waals surface area (Å²) in [5.74, 6) is 1.03. The molecule has 0 atom stereocenters. The van der Waals surface area contributed by atoms with Crippen molar-refractivity contribution in [3.63, 3.8) is 0 Å². The molecule has 0 unspecified atom stereocenters. The molecule has 0 radical (unpaired) electrons. The fraction of sp³-hybridized carbons (Fsp3) is 0.611. The average Bonchev–Trinajstić information content (AvgIpc) is 2.54. The highest BCUT2D eigenvalue weighted by Gasteiger charge is 2.21. The summed E-state index contributed by atoms with van der Waals surface area (Å²) in [6.45, 7) is 10.8. The van der Waals surface area contributed by atoms with Gasteiger partial charge in [0.05, 0.1) is 12.6 Å². The Morgan fingerprint density at radius 2 is 1.87 bits per heavy atom. The number of nitrogens with one attached hydrogen (secondary N) is 1. The van der Waals surface area contributed by atoms with Crippen molar-refractivity contribution in [1.29, 1.82) is 0 Å². The Morgan fingerprint density at radius 1 is 1.22 bits per heavy atom. The van der Waals surface area contributed by atoms with E-state index in [2.05, 4.69) is 55.3 Å². The largest absolute Gasteiger partial charge is 0.378 e. The van der Waals surface area contributed by atoms with Crippen molar-refractivity contribution < 1.29 is 4.74 Å². The number of hydrogen-bond acceptors (Lipinski definition) is 2. The van der Waals surface area contributed by atoms with Crippen LogP contribution in [-0.4, -0.2) is 43.2 Å². The Bertz CT molecular complexity index is 468. The van der Waals surface area contributed by atoms with Gasteiger partial charge in [-0.05, 0) is 39.2 Å². The van der Waals surface area contributed by atoms with Gasteiger partial charge in [0.25, 0.3) is 0 Å². The normalized spacial score (nSPS) is 16.1. The lowest BCUT2D eigenvalue weighted by Gasteiger charge is -2.34. The van der Waals surface area contributed by atoms with Crippen LogP contribution in [-0.2, 0) is 11.3 Å². The second-order valence-electron chi connectivity index (χ2n) is 5.80. The van der Waals surface area contributed by atoms with Crippen LogP contribution in [0, 0.1) is 6.92 Å². The fourth-order valence-corrected chi connectivity index (χ4v) is 2.76. The van der Waals surface area contributed by atoms with Gasteiger partial charge in [-0.3, -0.25) is 0 Å². The van der Waals surface area contributed by atoms with Gasteiger partial charge in [0.2, 0.25) is 0 Å². The summed E-state index contributed by atoms with van der Waals surface area (Å²) in [4.78, 5) is 7.15. The third-order valence-electron chi connectivity index (χ3n) is 4.01. The number of guanidine groups is 1. The van der Waals surface area contributed by atoms with Crippen molar-refractivity contribution in [2.75, 3.05) is 26.2 Å². The summed E-state index contributed by atoms with van der Waals surface area (Å²) >= 11 is 0. The highest BCUT2D eigenvalue weighted by Crippen LogP contribution is 2.14. The van der Waals surface area contributed by atoms with Crippen LogP contribution in [0.15, 0.2) is 29.3 Å². The molecule has 2 rings (SSSR count). The van der Waals surface area contributed by atoms with E-state index in [1.54, 1.807) is 0 Å². The number of rotatable bonds is 5. The highest BCUT2D eigenvalue weighted by atomic mass is 127. The van der Waals surface area contributed by atoms with E-state index in [9.17, 15) is 0 Å². The highest BCUT2D eigenvalue weighted by molar-refractivity contribution is 14.0. The molecule has 4 nitrogen and oxygen atoms in total. The van der Waals surface area contributed by atoms with Crippen molar-refractivity contribution in [3.05, 3.63) is 35.4 Å². The standard InChI is InChI=1S/C18H29N3O.HI/c1-4-19-18(20-14-16-8-6-15(3)7-9-16)21-12-10-17(11-13-21)22-5-2;/h6-9,17H,4-5,10-14H2,1-3H3,(H,19,20);1H. The minimum absolute atomic E-state index is 0. The van der Waals surface area contributed by atoms with Gasteiger partial charge in [-0.2, -0.15) is 0 Å². The predicted molar refractivity (Wildman–Crippen MR) is 108 cm³/mol. The van der Waals surface area contributed by atoms with Gasteiger partial charge in [0, 0.05) is 26.2 Å². The minimum atomic E-state index is 0. The average molecular weight is 431 g/mol. The number of aryl methyl sites for hydroxylation is 1. The van der Waals surface area contributed by atoms with E-state index in [1.165, 1.54) is 11.1 Å². The molecule has 0 aliphatic carbocycles. The Morgan fingerprint density at radius 3 is 2.43 bits per heavy atom. The van der Waals surface area contributed by atoms with E-state index < -0.39 is 0 Å². The number of hydrogen-bond donors (Lipinski definition) is 1. The van der Waals surface area contributed by atoms with E-state index in [0.29, 0.717) is 6.10 Å². The molecule has 1 aromatic carbocycles. The molecule has 1 aromatic rings. The van der Waals surface area contributed by atoms with Crippen LogP contribution in [0.5, 0.6) is 0 Å². The number of ether oxygens (including phenoxy) is 1. The zero-order chi connectivity index (χ0) is 15.8. The maximum atomic E-state index is 5.72. The zero-order valence-corrected chi connectivity index (χ0v) is 16.9. The molecule has 23 heavy (non-hydrogen) atoms. The molecule has 5 heteroatoms. The van der Waals surface area contributed by atoms with E-state index in [4.69, 9.17) is 9.73 Å². The number of halogens is 1. The molecular formula is C18H30IN3O. The summed E-state index contributed by atoms with van der Waals surface area (Å²) in [5.41, 5.74) is 2.54. The predicted octanol–water partition coefficient (Wildman–Crippen LogP) is 3.58. The smallest absolute Gasteiger partial charge is 0.194 e. The van der Waals surface area contributed by atoms with Crippen molar-refractivity contribution in [2.24, 2.45) is 4.99 Å². The van der Waals surface area contributed by atoms with Gasteiger partial charge in [-0.15, -0.1) is 24.0 Å². The van der Waals surface area contributed by atoms with Crippen molar-refractivity contribution in [1.82, 2.24) is 10.2 Å². The van der Waals surface area contributed by atoms with Crippen molar-refractivity contribution in [2.45, 2.75) is 46.3 Å². The van der Waals surface area contributed by atoms with Crippen LogP contribution in [0.3, 0.4) is 0 Å². The lowest BCUT2D eigenvalue weighted by Crippen LogP contribution is -2.47. The molecule has 0 spiro atoms. The maximum absolute atomic E-state index is 5.72. The minimum Gasteiger partial charge on any atom is -0.378 e. The number of likely N-dealkylation sites (tertiary alicyclic amines) is 1. The quantitative estimate of drug-likeness (QED) is 0.440. The molecule has 0 saturated carbocycles. The monoisotopic (exact) mass is 431 g/mol. The summed E-state index contributed by atoms with van der Waals surface area (Å²) in [5, 5.41) is 3.42. The first-order valence-electron chi connectivity index (χ1n) is 8.43. The van der Waals surface area contributed by atoms with Crippen molar-refractivity contribution >= 4 is 29.9 Å². The Balaban J connectivity index is 0.00000264. The van der Waals surface area contributed by atoms with Gasteiger partial charge >= 0.3 is 0 Å². The second-order valence-corrected chi connectivity index (χ2v) is 5.80. The number of piperidine rings is 1. The zero-order valence-electron chi connectivity index (χ0n) is 14.5. The summed E-state index contributed by atoms with van der Waals surface area (Å²) in [6, 6.07) is 8.60. The lowest BCUT2D eigenvalue weighted by atomic mass is 10.1. The SMILES string of the molecule is CCNC(=NCc1ccc(C)cc1)N1CCC(OCC)CC1.I. The van der Waals surface area contributed by atoms with E-state index in [1.807, 2.05) is 0 Å². The summed E-state index contributed by atoms with van der Waals surface area (Å²) in [6.07, 6.45) is 2.59. The van der Waals surface area contributed by atoms with Gasteiger partial charge in [0.15, 0.2) is 5.96 Å². The number of benzene rings is 1. The van der Waals surface area contributed by atoms with Crippen LogP contribution in [0.1, 0.15) is 37.8 Å². The van der Waals surface area contributed by atoms with Crippen LogP contribution in [0.25, 0.3) is 0 Å². The van der Waals surface area contributed by atoms with E-state index >= 15 is 0 Å². The van der Waals surface area contributed by atoms with Crippen LogP contribution < -0.4 is 5.32 Å². The molecule has 0 aromatic heterocycles. The topological polar surface area (TPSA) is 36.9 Å². The summed E-state index contributed by atoms with van der Waals surface area (Å²) in [7, 11) is 0. The van der Waals surface area contributed by atoms with Gasteiger partial charge < -0.3 is 15.0 Å². The third-order valence-corrected chi connectivity index (χ3v) is 4.01. The number of aliphatic imine (C=N–C) groups is 1. The molecule has 1 saturated heterocycles. The molecule has 1 fully saturated rings. The molecule has 1 heterocycles. The molecule has 130 valence electrons. The third kappa shape index (κ3) is 6.67. The van der Waals surface area contributed by atoms with Crippen LogP contribution in [0.4, 0.5) is 0 Å². The Labute approximate surface area is 157 Å². The second kappa shape index (κ2) is 10.9.